The van der Waals surface area contributed by atoms with Crippen molar-refractivity contribution in [3.05, 3.63) is 59.2 Å². The Hall–Kier alpha value is -1.98. The molecule has 0 amide bonds. The SMILES string of the molecule is N#Cc1cc(CCl)ccc1N1CCCCc2ccccc21. The van der Waals surface area contributed by atoms with Crippen molar-refractivity contribution in [2.24, 2.45) is 0 Å². The van der Waals surface area contributed by atoms with Gasteiger partial charge in [-0.2, -0.15) is 5.26 Å². The fourth-order valence-corrected chi connectivity index (χ4v) is 3.10. The molecule has 3 heteroatoms. The molecule has 2 nitrogen and oxygen atoms in total. The van der Waals surface area contributed by atoms with Crippen LogP contribution < -0.4 is 4.90 Å². The van der Waals surface area contributed by atoms with Crippen molar-refractivity contribution in [1.29, 1.82) is 5.26 Å². The van der Waals surface area contributed by atoms with Crippen LogP contribution in [-0.4, -0.2) is 6.54 Å². The van der Waals surface area contributed by atoms with Crippen LogP contribution in [0.1, 0.15) is 29.5 Å². The average Bonchev–Trinajstić information content (AvgIpc) is 2.76. The molecule has 2 aromatic carbocycles. The first-order valence-corrected chi connectivity index (χ1v) is 7.81. The lowest BCUT2D eigenvalue weighted by molar-refractivity contribution is 0.761. The predicted molar refractivity (Wildman–Crippen MR) is 87.1 cm³/mol. The molecule has 0 radical (unpaired) electrons. The molecule has 106 valence electrons. The third-order valence-electron chi connectivity index (χ3n) is 3.99. The fraction of sp³-hybridized carbons (Fsp3) is 0.278. The Labute approximate surface area is 130 Å². The smallest absolute Gasteiger partial charge is 0.101 e. The van der Waals surface area contributed by atoms with Gasteiger partial charge in [0.2, 0.25) is 0 Å². The van der Waals surface area contributed by atoms with Crippen LogP contribution in [0.25, 0.3) is 0 Å². The van der Waals surface area contributed by atoms with E-state index in [1.165, 1.54) is 17.7 Å². The minimum atomic E-state index is 0.436. The van der Waals surface area contributed by atoms with Gasteiger partial charge in [0.05, 0.1) is 11.3 Å². The molecular formula is C18H17ClN2. The van der Waals surface area contributed by atoms with Crippen molar-refractivity contribution in [3.8, 4) is 6.07 Å². The highest BCUT2D eigenvalue weighted by atomic mass is 35.5. The van der Waals surface area contributed by atoms with Crippen molar-refractivity contribution in [3.63, 3.8) is 0 Å². The molecule has 0 fully saturated rings. The number of hydrogen-bond donors (Lipinski definition) is 0. The van der Waals surface area contributed by atoms with Crippen molar-refractivity contribution >= 4 is 23.0 Å². The third-order valence-corrected chi connectivity index (χ3v) is 4.30. The average molecular weight is 297 g/mol. The van der Waals surface area contributed by atoms with Gasteiger partial charge in [0.1, 0.15) is 6.07 Å². The monoisotopic (exact) mass is 296 g/mol. The molecule has 2 aromatic rings. The molecule has 0 aliphatic carbocycles. The summed E-state index contributed by atoms with van der Waals surface area (Å²) in [6.07, 6.45) is 3.43. The Morgan fingerprint density at radius 1 is 1.10 bits per heavy atom. The number of hydrogen-bond acceptors (Lipinski definition) is 2. The molecule has 1 heterocycles. The Morgan fingerprint density at radius 3 is 2.76 bits per heavy atom. The van der Waals surface area contributed by atoms with E-state index in [1.807, 2.05) is 18.2 Å². The zero-order valence-electron chi connectivity index (χ0n) is 11.8. The van der Waals surface area contributed by atoms with E-state index >= 15 is 0 Å². The van der Waals surface area contributed by atoms with Crippen LogP contribution in [0.15, 0.2) is 42.5 Å². The number of anilines is 2. The van der Waals surface area contributed by atoms with Gasteiger partial charge in [0.25, 0.3) is 0 Å². The lowest BCUT2D eigenvalue weighted by Crippen LogP contribution is -2.19. The molecule has 0 aromatic heterocycles. The van der Waals surface area contributed by atoms with Crippen LogP contribution in [0, 0.1) is 11.3 Å². The quantitative estimate of drug-likeness (QED) is 0.746. The Morgan fingerprint density at radius 2 is 1.95 bits per heavy atom. The first-order chi connectivity index (χ1) is 10.3. The van der Waals surface area contributed by atoms with E-state index in [0.29, 0.717) is 11.4 Å². The number of aryl methyl sites for hydroxylation is 1. The van der Waals surface area contributed by atoms with Gasteiger partial charge in [-0.15, -0.1) is 11.6 Å². The molecule has 0 N–H and O–H groups in total. The van der Waals surface area contributed by atoms with Crippen LogP contribution in [0.4, 0.5) is 11.4 Å². The molecule has 3 rings (SSSR count). The summed E-state index contributed by atoms with van der Waals surface area (Å²) >= 11 is 5.88. The highest BCUT2D eigenvalue weighted by Crippen LogP contribution is 2.34. The summed E-state index contributed by atoms with van der Waals surface area (Å²) in [5, 5.41) is 9.47. The van der Waals surface area contributed by atoms with Gasteiger partial charge in [0, 0.05) is 18.1 Å². The summed E-state index contributed by atoms with van der Waals surface area (Å²) in [6, 6.07) is 16.7. The predicted octanol–water partition coefficient (Wildman–Crippen LogP) is 4.77. The fourth-order valence-electron chi connectivity index (χ4n) is 2.93. The third kappa shape index (κ3) is 2.75. The Bertz CT molecular complexity index is 688. The van der Waals surface area contributed by atoms with Crippen LogP contribution in [0.5, 0.6) is 0 Å². The summed E-state index contributed by atoms with van der Waals surface area (Å²) in [6.45, 7) is 0.950. The van der Waals surface area contributed by atoms with Gasteiger partial charge >= 0.3 is 0 Å². The minimum absolute atomic E-state index is 0.436. The van der Waals surface area contributed by atoms with Crippen molar-refractivity contribution in [1.82, 2.24) is 0 Å². The first-order valence-electron chi connectivity index (χ1n) is 7.28. The van der Waals surface area contributed by atoms with Crippen molar-refractivity contribution in [2.45, 2.75) is 25.1 Å². The van der Waals surface area contributed by atoms with Gasteiger partial charge in [-0.25, -0.2) is 0 Å². The second-order valence-electron chi connectivity index (χ2n) is 5.33. The van der Waals surface area contributed by atoms with Crippen LogP contribution in [0.2, 0.25) is 0 Å². The summed E-state index contributed by atoms with van der Waals surface area (Å²) < 4.78 is 0. The van der Waals surface area contributed by atoms with E-state index in [0.717, 1.165) is 30.6 Å². The second kappa shape index (κ2) is 6.20. The van der Waals surface area contributed by atoms with Crippen molar-refractivity contribution in [2.75, 3.05) is 11.4 Å². The van der Waals surface area contributed by atoms with Crippen LogP contribution >= 0.6 is 11.6 Å². The molecule has 0 saturated carbocycles. The molecule has 0 spiro atoms. The lowest BCUT2D eigenvalue weighted by atomic mass is 10.1. The number of nitriles is 1. The lowest BCUT2D eigenvalue weighted by Gasteiger charge is -2.26. The molecule has 1 aliphatic heterocycles. The van der Waals surface area contributed by atoms with E-state index in [-0.39, 0.29) is 0 Å². The van der Waals surface area contributed by atoms with E-state index < -0.39 is 0 Å². The second-order valence-corrected chi connectivity index (χ2v) is 5.60. The molecule has 21 heavy (non-hydrogen) atoms. The first kappa shape index (κ1) is 14.0. The van der Waals surface area contributed by atoms with E-state index in [9.17, 15) is 5.26 Å². The number of halogens is 1. The minimum Gasteiger partial charge on any atom is -0.340 e. The maximum absolute atomic E-state index is 9.47. The maximum Gasteiger partial charge on any atom is 0.101 e. The van der Waals surface area contributed by atoms with Gasteiger partial charge < -0.3 is 4.90 Å². The number of rotatable bonds is 2. The zero-order valence-corrected chi connectivity index (χ0v) is 12.6. The summed E-state index contributed by atoms with van der Waals surface area (Å²) in [4.78, 5) is 2.28. The van der Waals surface area contributed by atoms with Gasteiger partial charge in [-0.1, -0.05) is 24.3 Å². The van der Waals surface area contributed by atoms with E-state index in [4.69, 9.17) is 11.6 Å². The summed E-state index contributed by atoms with van der Waals surface area (Å²) in [7, 11) is 0. The van der Waals surface area contributed by atoms with Gasteiger partial charge in [-0.3, -0.25) is 0 Å². The molecular weight excluding hydrogens is 280 g/mol. The maximum atomic E-state index is 9.47. The molecule has 0 bridgehead atoms. The van der Waals surface area contributed by atoms with Gasteiger partial charge in [0.15, 0.2) is 0 Å². The van der Waals surface area contributed by atoms with E-state index in [1.54, 1.807) is 0 Å². The largest absolute Gasteiger partial charge is 0.340 e. The van der Waals surface area contributed by atoms with Gasteiger partial charge in [-0.05, 0) is 48.6 Å². The summed E-state index contributed by atoms with van der Waals surface area (Å²) in [5.74, 6) is 0.436. The number of para-hydroxylation sites is 1. The zero-order chi connectivity index (χ0) is 14.7. The molecule has 0 saturated heterocycles. The molecule has 1 aliphatic rings. The molecule has 0 unspecified atom stereocenters. The summed E-state index contributed by atoms with van der Waals surface area (Å²) in [5.41, 5.74) is 5.26. The van der Waals surface area contributed by atoms with Crippen molar-refractivity contribution < 1.29 is 0 Å². The van der Waals surface area contributed by atoms with Crippen LogP contribution in [-0.2, 0) is 12.3 Å². The highest BCUT2D eigenvalue weighted by molar-refractivity contribution is 6.17. The molecule has 0 atom stereocenters. The number of nitrogens with zero attached hydrogens (tertiary/aromatic N) is 2. The Balaban J connectivity index is 2.10. The number of benzene rings is 2. The number of alkyl halides is 1. The van der Waals surface area contributed by atoms with Crippen LogP contribution in [0.3, 0.4) is 0 Å². The highest BCUT2D eigenvalue weighted by Gasteiger charge is 2.18. The Kier molecular flexibility index (Phi) is 4.13. The number of fused-ring (bicyclic) bond motifs is 1. The standard InChI is InChI=1S/C18H17ClN2/c19-12-14-8-9-18(16(11-14)13-20)21-10-4-3-6-15-5-1-2-7-17(15)21/h1-2,5,7-9,11H,3-4,6,10,12H2. The normalized spacial score (nSPS) is 14.2. The van der Waals surface area contributed by atoms with E-state index in [2.05, 4.69) is 35.2 Å². The topological polar surface area (TPSA) is 27.0 Å².